The number of hydrogen-bond acceptors (Lipinski definition) is 4. The Balaban J connectivity index is 2.05. The number of fused-ring (bicyclic) bond motifs is 1. The third-order valence-electron chi connectivity index (χ3n) is 5.09. The van der Waals surface area contributed by atoms with Crippen molar-refractivity contribution in [1.29, 1.82) is 0 Å². The van der Waals surface area contributed by atoms with Gasteiger partial charge in [0.25, 0.3) is 0 Å². The molecule has 0 aliphatic heterocycles. The number of carbonyl (C=O) groups is 1. The van der Waals surface area contributed by atoms with Crippen LogP contribution in [-0.4, -0.2) is 5.97 Å². The number of carbonyl (C=O) groups excluding carboxylic acids is 1. The minimum absolute atomic E-state index is 0.116. The van der Waals surface area contributed by atoms with Crippen molar-refractivity contribution in [2.45, 2.75) is 52.9 Å². The van der Waals surface area contributed by atoms with Crippen LogP contribution in [0.1, 0.15) is 52.0 Å². The van der Waals surface area contributed by atoms with Gasteiger partial charge in [0.05, 0.1) is 16.9 Å². The predicted molar refractivity (Wildman–Crippen MR) is 121 cm³/mol. The van der Waals surface area contributed by atoms with Crippen LogP contribution in [0.25, 0.3) is 22.1 Å². The van der Waals surface area contributed by atoms with Gasteiger partial charge in [-0.1, -0.05) is 63.8 Å². The second kappa shape index (κ2) is 9.94. The lowest BCUT2D eigenvalue weighted by Gasteiger charge is -2.13. The summed E-state index contributed by atoms with van der Waals surface area (Å²) in [6.45, 7) is 5.75. The average Bonchev–Trinajstić information content (AvgIpc) is 2.72. The van der Waals surface area contributed by atoms with E-state index in [0.717, 1.165) is 43.2 Å². The van der Waals surface area contributed by atoms with Crippen LogP contribution in [0.15, 0.2) is 51.9 Å². The highest BCUT2D eigenvalue weighted by Gasteiger charge is 2.17. The summed E-state index contributed by atoms with van der Waals surface area (Å²) < 4.78 is 11.4. The van der Waals surface area contributed by atoms with Crippen molar-refractivity contribution in [3.05, 3.63) is 63.5 Å². The fourth-order valence-corrected chi connectivity index (χ4v) is 3.42. The molecule has 158 valence electrons. The van der Waals surface area contributed by atoms with Crippen molar-refractivity contribution >= 4 is 28.5 Å². The number of hydrogen-bond donors (Lipinski definition) is 0. The van der Waals surface area contributed by atoms with Crippen molar-refractivity contribution < 1.29 is 13.9 Å². The maximum atomic E-state index is 13.2. The maximum Gasteiger partial charge on any atom is 0.313 e. The van der Waals surface area contributed by atoms with Crippen LogP contribution in [0, 0.1) is 5.92 Å². The van der Waals surface area contributed by atoms with Crippen LogP contribution in [0.5, 0.6) is 5.75 Å². The molecule has 0 saturated heterocycles. The van der Waals surface area contributed by atoms with Gasteiger partial charge in [-0.25, -0.2) is 0 Å². The number of esters is 1. The minimum Gasteiger partial charge on any atom is -0.463 e. The molecule has 30 heavy (non-hydrogen) atoms. The third kappa shape index (κ3) is 5.11. The molecule has 0 aliphatic rings. The number of benzene rings is 2. The quantitative estimate of drug-likeness (QED) is 0.226. The van der Waals surface area contributed by atoms with E-state index in [1.54, 1.807) is 44.2 Å². The Morgan fingerprint density at radius 2 is 1.83 bits per heavy atom. The van der Waals surface area contributed by atoms with Crippen molar-refractivity contribution in [2.75, 3.05) is 0 Å². The molecular formula is C25H27ClO4. The molecule has 0 saturated carbocycles. The summed E-state index contributed by atoms with van der Waals surface area (Å²) in [5.41, 5.74) is 2.36. The molecule has 3 rings (SSSR count). The Kier molecular flexibility index (Phi) is 7.33. The number of unbranched alkanes of at least 4 members (excludes halogenated alkanes) is 3. The van der Waals surface area contributed by atoms with Gasteiger partial charge in [0, 0.05) is 11.1 Å². The van der Waals surface area contributed by atoms with Crippen LogP contribution >= 0.6 is 11.6 Å². The monoisotopic (exact) mass is 426 g/mol. The molecule has 0 unspecified atom stereocenters. The minimum atomic E-state index is -0.302. The molecular weight excluding hydrogens is 400 g/mol. The molecule has 3 aromatic rings. The second-order valence-electron chi connectivity index (χ2n) is 7.83. The fraction of sp³-hybridized carbons (Fsp3) is 0.360. The first-order valence-corrected chi connectivity index (χ1v) is 10.8. The average molecular weight is 427 g/mol. The van der Waals surface area contributed by atoms with Crippen LogP contribution in [0.2, 0.25) is 5.02 Å². The van der Waals surface area contributed by atoms with Crippen LogP contribution in [0.3, 0.4) is 0 Å². The fourth-order valence-electron chi connectivity index (χ4n) is 3.29. The molecule has 5 heteroatoms. The molecule has 0 fully saturated rings. The lowest BCUT2D eigenvalue weighted by Crippen LogP contribution is -2.16. The van der Waals surface area contributed by atoms with Gasteiger partial charge in [-0.15, -0.1) is 0 Å². The zero-order valence-electron chi connectivity index (χ0n) is 17.7. The second-order valence-corrected chi connectivity index (χ2v) is 8.26. The smallest absolute Gasteiger partial charge is 0.313 e. The van der Waals surface area contributed by atoms with E-state index in [1.165, 1.54) is 6.26 Å². The van der Waals surface area contributed by atoms with Crippen LogP contribution < -0.4 is 10.2 Å². The zero-order chi connectivity index (χ0) is 21.7. The summed E-state index contributed by atoms with van der Waals surface area (Å²) in [5, 5.41) is 1.09. The first-order valence-electron chi connectivity index (χ1n) is 10.5. The van der Waals surface area contributed by atoms with Gasteiger partial charge in [0.1, 0.15) is 17.6 Å². The first kappa shape index (κ1) is 22.1. The highest BCUT2D eigenvalue weighted by atomic mass is 35.5. The standard InChI is InChI=1S/C25H27ClO4/c1-4-5-6-7-8-18-13-20-23(14-22(18)30-25(28)16(2)3)29-15-21(24(20)27)17-9-11-19(26)12-10-17/h9-16H,4-8H2,1-3H3. The number of rotatable bonds is 8. The molecule has 0 aliphatic carbocycles. The highest BCUT2D eigenvalue weighted by Crippen LogP contribution is 2.29. The molecule has 0 N–H and O–H groups in total. The van der Waals surface area contributed by atoms with Gasteiger partial charge in [0.15, 0.2) is 0 Å². The highest BCUT2D eigenvalue weighted by molar-refractivity contribution is 6.30. The molecule has 2 aromatic carbocycles. The van der Waals surface area contributed by atoms with Crippen molar-refractivity contribution in [1.82, 2.24) is 0 Å². The third-order valence-corrected chi connectivity index (χ3v) is 5.34. The van der Waals surface area contributed by atoms with E-state index in [2.05, 4.69) is 6.92 Å². The van der Waals surface area contributed by atoms with E-state index in [4.69, 9.17) is 20.8 Å². The van der Waals surface area contributed by atoms with Gasteiger partial charge in [-0.05, 0) is 42.2 Å². The number of aryl methyl sites for hydroxylation is 1. The maximum absolute atomic E-state index is 13.2. The predicted octanol–water partition coefficient (Wildman–Crippen LogP) is 6.80. The van der Waals surface area contributed by atoms with E-state index in [9.17, 15) is 9.59 Å². The number of ether oxygens (including phenoxy) is 1. The Hall–Kier alpha value is -2.59. The SMILES string of the molecule is CCCCCCc1cc2c(=O)c(-c3ccc(Cl)cc3)coc2cc1OC(=O)C(C)C. The molecule has 4 nitrogen and oxygen atoms in total. The number of halogens is 1. The molecule has 0 radical (unpaired) electrons. The Morgan fingerprint density at radius 1 is 1.10 bits per heavy atom. The summed E-state index contributed by atoms with van der Waals surface area (Å²) >= 11 is 5.96. The van der Waals surface area contributed by atoms with Crippen molar-refractivity contribution in [2.24, 2.45) is 5.92 Å². The van der Waals surface area contributed by atoms with Crippen molar-refractivity contribution in [3.8, 4) is 16.9 Å². The van der Waals surface area contributed by atoms with E-state index in [-0.39, 0.29) is 17.3 Å². The molecule has 0 amide bonds. The van der Waals surface area contributed by atoms with Crippen molar-refractivity contribution in [3.63, 3.8) is 0 Å². The van der Waals surface area contributed by atoms with Crippen LogP contribution in [0.4, 0.5) is 0 Å². The molecule has 0 atom stereocenters. The van der Waals surface area contributed by atoms with Gasteiger partial charge in [0.2, 0.25) is 5.43 Å². The van der Waals surface area contributed by atoms with Gasteiger partial charge < -0.3 is 9.15 Å². The van der Waals surface area contributed by atoms with Gasteiger partial charge >= 0.3 is 5.97 Å². The largest absolute Gasteiger partial charge is 0.463 e. The van der Waals surface area contributed by atoms with E-state index in [0.29, 0.717) is 27.3 Å². The first-order chi connectivity index (χ1) is 14.4. The van der Waals surface area contributed by atoms with Gasteiger partial charge in [-0.2, -0.15) is 0 Å². The summed E-state index contributed by atoms with van der Waals surface area (Å²) in [7, 11) is 0. The summed E-state index contributed by atoms with van der Waals surface area (Å²) in [6.07, 6.45) is 6.53. The van der Waals surface area contributed by atoms with E-state index < -0.39 is 0 Å². The lowest BCUT2D eigenvalue weighted by atomic mass is 10.0. The van der Waals surface area contributed by atoms with E-state index >= 15 is 0 Å². The summed E-state index contributed by atoms with van der Waals surface area (Å²) in [6, 6.07) is 10.6. The Bertz CT molecular complexity index is 1080. The molecule has 0 spiro atoms. The summed E-state index contributed by atoms with van der Waals surface area (Å²) in [4.78, 5) is 25.4. The Morgan fingerprint density at radius 3 is 2.50 bits per heavy atom. The van der Waals surface area contributed by atoms with E-state index in [1.807, 2.05) is 6.07 Å². The molecule has 0 bridgehead atoms. The normalized spacial score (nSPS) is 11.2. The van der Waals surface area contributed by atoms with Crippen LogP contribution in [-0.2, 0) is 11.2 Å². The lowest BCUT2D eigenvalue weighted by molar-refractivity contribution is -0.137. The molecule has 1 aromatic heterocycles. The van der Waals surface area contributed by atoms with Gasteiger partial charge in [-0.3, -0.25) is 9.59 Å². The topological polar surface area (TPSA) is 56.5 Å². The summed E-state index contributed by atoms with van der Waals surface area (Å²) in [5.74, 6) is -0.0719. The molecule has 1 heterocycles. The zero-order valence-corrected chi connectivity index (χ0v) is 18.4. The Labute approximate surface area is 181 Å².